The summed E-state index contributed by atoms with van der Waals surface area (Å²) in [6.07, 6.45) is 0. The highest BCUT2D eigenvalue weighted by atomic mass is 35.5. The van der Waals surface area contributed by atoms with Gasteiger partial charge in [-0.1, -0.05) is 37.0 Å². The van der Waals surface area contributed by atoms with Gasteiger partial charge in [-0.15, -0.1) is 11.3 Å². The molecule has 1 aromatic carbocycles. The van der Waals surface area contributed by atoms with Gasteiger partial charge in [0.2, 0.25) is 0 Å². The highest BCUT2D eigenvalue weighted by Gasteiger charge is 2.13. The van der Waals surface area contributed by atoms with Crippen LogP contribution in [0.2, 0.25) is 10.0 Å². The Kier molecular flexibility index (Phi) is 4.33. The molecule has 0 spiro atoms. The molecule has 2 aromatic rings. The SMILES string of the molecule is CC(C)C(N)c1ccc(-c2cc(Cl)cc(Cl)c2)s1. The smallest absolute Gasteiger partial charge is 0.0427 e. The molecule has 1 heterocycles. The molecule has 0 aliphatic rings. The summed E-state index contributed by atoms with van der Waals surface area (Å²) >= 11 is 13.7. The largest absolute Gasteiger partial charge is 0.323 e. The van der Waals surface area contributed by atoms with Gasteiger partial charge in [0.05, 0.1) is 0 Å². The van der Waals surface area contributed by atoms with Crippen molar-refractivity contribution in [1.29, 1.82) is 0 Å². The molecule has 0 fully saturated rings. The van der Waals surface area contributed by atoms with Gasteiger partial charge in [-0.25, -0.2) is 0 Å². The van der Waals surface area contributed by atoms with Crippen molar-refractivity contribution in [1.82, 2.24) is 0 Å². The van der Waals surface area contributed by atoms with Gasteiger partial charge in [0.1, 0.15) is 0 Å². The minimum atomic E-state index is 0.0819. The first-order valence-corrected chi connectivity index (χ1v) is 7.36. The molecule has 0 radical (unpaired) electrons. The second-order valence-electron chi connectivity index (χ2n) is 4.63. The summed E-state index contributed by atoms with van der Waals surface area (Å²) in [5, 5.41) is 1.31. The van der Waals surface area contributed by atoms with E-state index < -0.39 is 0 Å². The van der Waals surface area contributed by atoms with Crippen molar-refractivity contribution in [3.8, 4) is 10.4 Å². The van der Waals surface area contributed by atoms with E-state index in [1.165, 1.54) is 4.88 Å². The molecule has 2 rings (SSSR count). The average Bonchev–Trinajstić information content (AvgIpc) is 2.75. The van der Waals surface area contributed by atoms with Crippen molar-refractivity contribution in [3.05, 3.63) is 45.3 Å². The van der Waals surface area contributed by atoms with Gasteiger partial charge in [0.25, 0.3) is 0 Å². The van der Waals surface area contributed by atoms with Gasteiger partial charge in [0, 0.05) is 25.8 Å². The topological polar surface area (TPSA) is 26.0 Å². The van der Waals surface area contributed by atoms with Crippen LogP contribution in [0, 0.1) is 5.92 Å². The molecule has 18 heavy (non-hydrogen) atoms. The predicted molar refractivity (Wildman–Crippen MR) is 81.5 cm³/mol. The van der Waals surface area contributed by atoms with Gasteiger partial charge >= 0.3 is 0 Å². The van der Waals surface area contributed by atoms with Crippen LogP contribution < -0.4 is 5.73 Å². The van der Waals surface area contributed by atoms with Crippen LogP contribution >= 0.6 is 34.5 Å². The van der Waals surface area contributed by atoms with Crippen LogP contribution in [0.5, 0.6) is 0 Å². The second kappa shape index (κ2) is 5.62. The quantitative estimate of drug-likeness (QED) is 0.809. The van der Waals surface area contributed by atoms with Crippen molar-refractivity contribution in [3.63, 3.8) is 0 Å². The maximum atomic E-state index is 6.15. The number of halogens is 2. The molecule has 1 atom stereocenters. The molecule has 0 bridgehead atoms. The van der Waals surface area contributed by atoms with E-state index in [0.29, 0.717) is 16.0 Å². The molecule has 1 nitrogen and oxygen atoms in total. The van der Waals surface area contributed by atoms with Gasteiger partial charge in [0.15, 0.2) is 0 Å². The molecular weight excluding hydrogens is 285 g/mol. The Balaban J connectivity index is 2.35. The van der Waals surface area contributed by atoms with E-state index in [-0.39, 0.29) is 6.04 Å². The number of hydrogen-bond donors (Lipinski definition) is 1. The van der Waals surface area contributed by atoms with Crippen LogP contribution in [0.15, 0.2) is 30.3 Å². The van der Waals surface area contributed by atoms with E-state index >= 15 is 0 Å². The number of nitrogens with two attached hydrogens (primary N) is 1. The van der Waals surface area contributed by atoms with E-state index in [0.717, 1.165) is 10.4 Å². The molecular formula is C14H15Cl2NS. The Morgan fingerprint density at radius 2 is 1.67 bits per heavy atom. The Labute approximate surface area is 122 Å². The average molecular weight is 300 g/mol. The van der Waals surface area contributed by atoms with E-state index in [1.54, 1.807) is 17.4 Å². The first-order valence-electron chi connectivity index (χ1n) is 5.79. The Morgan fingerprint density at radius 3 is 2.22 bits per heavy atom. The highest BCUT2D eigenvalue weighted by Crippen LogP contribution is 2.35. The van der Waals surface area contributed by atoms with Crippen LogP contribution in [0.25, 0.3) is 10.4 Å². The zero-order chi connectivity index (χ0) is 13.3. The molecule has 2 N–H and O–H groups in total. The third-order valence-corrected chi connectivity index (χ3v) is 4.49. The molecule has 0 saturated heterocycles. The number of thiophene rings is 1. The molecule has 4 heteroatoms. The first-order chi connectivity index (χ1) is 8.47. The van der Waals surface area contributed by atoms with Crippen LogP contribution in [0.4, 0.5) is 0 Å². The molecule has 96 valence electrons. The van der Waals surface area contributed by atoms with E-state index in [4.69, 9.17) is 28.9 Å². The van der Waals surface area contributed by atoms with E-state index in [2.05, 4.69) is 26.0 Å². The van der Waals surface area contributed by atoms with Gasteiger partial charge in [-0.2, -0.15) is 0 Å². The fourth-order valence-corrected chi connectivity index (χ4v) is 3.41. The molecule has 1 unspecified atom stereocenters. The maximum absolute atomic E-state index is 6.15. The van der Waals surface area contributed by atoms with Crippen LogP contribution in [0.3, 0.4) is 0 Å². The van der Waals surface area contributed by atoms with Crippen molar-refractivity contribution in [2.75, 3.05) is 0 Å². The first kappa shape index (κ1) is 13.9. The van der Waals surface area contributed by atoms with Crippen LogP contribution in [0.1, 0.15) is 24.8 Å². The van der Waals surface area contributed by atoms with Gasteiger partial charge in [-0.05, 0) is 41.8 Å². The molecule has 0 aliphatic heterocycles. The summed E-state index contributed by atoms with van der Waals surface area (Å²) in [5.41, 5.74) is 7.19. The third-order valence-electron chi connectivity index (χ3n) is 2.82. The molecule has 1 aromatic heterocycles. The number of benzene rings is 1. The Bertz CT molecular complexity index is 528. The van der Waals surface area contributed by atoms with Gasteiger partial charge in [-0.3, -0.25) is 0 Å². The van der Waals surface area contributed by atoms with Gasteiger partial charge < -0.3 is 5.73 Å². The van der Waals surface area contributed by atoms with Crippen molar-refractivity contribution in [2.45, 2.75) is 19.9 Å². The summed E-state index contributed by atoms with van der Waals surface area (Å²) in [6.45, 7) is 4.25. The lowest BCUT2D eigenvalue weighted by molar-refractivity contribution is 0.521. The lowest BCUT2D eigenvalue weighted by Gasteiger charge is -2.12. The predicted octanol–water partition coefficient (Wildman–Crippen LogP) is 5.38. The fourth-order valence-electron chi connectivity index (χ4n) is 1.71. The summed E-state index contributed by atoms with van der Waals surface area (Å²) in [4.78, 5) is 2.33. The monoisotopic (exact) mass is 299 g/mol. The Morgan fingerprint density at radius 1 is 1.06 bits per heavy atom. The van der Waals surface area contributed by atoms with Crippen molar-refractivity contribution < 1.29 is 0 Å². The number of rotatable bonds is 3. The molecule has 0 saturated carbocycles. The number of hydrogen-bond acceptors (Lipinski definition) is 2. The Hall–Kier alpha value is -0.540. The minimum Gasteiger partial charge on any atom is -0.323 e. The summed E-state index contributed by atoms with van der Waals surface area (Å²) < 4.78 is 0. The van der Waals surface area contributed by atoms with E-state index in [9.17, 15) is 0 Å². The third kappa shape index (κ3) is 3.07. The van der Waals surface area contributed by atoms with Crippen molar-refractivity contribution in [2.24, 2.45) is 11.7 Å². The molecule has 0 aliphatic carbocycles. The lowest BCUT2D eigenvalue weighted by Crippen LogP contribution is -2.14. The minimum absolute atomic E-state index is 0.0819. The standard InChI is InChI=1S/C14H15Cl2NS/c1-8(2)14(17)13-4-3-12(18-13)9-5-10(15)7-11(16)6-9/h3-8,14H,17H2,1-2H3. The lowest BCUT2D eigenvalue weighted by atomic mass is 10.0. The zero-order valence-electron chi connectivity index (χ0n) is 10.3. The summed E-state index contributed by atoms with van der Waals surface area (Å²) in [7, 11) is 0. The van der Waals surface area contributed by atoms with E-state index in [1.807, 2.05) is 12.1 Å². The second-order valence-corrected chi connectivity index (χ2v) is 6.62. The van der Waals surface area contributed by atoms with Crippen molar-refractivity contribution >= 4 is 34.5 Å². The zero-order valence-corrected chi connectivity index (χ0v) is 12.6. The maximum Gasteiger partial charge on any atom is 0.0427 e. The highest BCUT2D eigenvalue weighted by molar-refractivity contribution is 7.15. The molecule has 0 amide bonds. The van der Waals surface area contributed by atoms with Crippen LogP contribution in [-0.2, 0) is 0 Å². The normalized spacial score (nSPS) is 13.0. The summed E-state index contributed by atoms with van der Waals surface area (Å²) in [5.74, 6) is 0.430. The van der Waals surface area contributed by atoms with Crippen LogP contribution in [-0.4, -0.2) is 0 Å². The summed E-state index contributed by atoms with van der Waals surface area (Å²) in [6, 6.07) is 9.82. The fraction of sp³-hybridized carbons (Fsp3) is 0.286.